The zero-order chi connectivity index (χ0) is 18.3. The summed E-state index contributed by atoms with van der Waals surface area (Å²) in [4.78, 5) is 24.8. The van der Waals surface area contributed by atoms with Crippen LogP contribution >= 0.6 is 23.2 Å². The van der Waals surface area contributed by atoms with E-state index in [2.05, 4.69) is 5.32 Å². The SMILES string of the molecule is O=C(Nc1ccc2ccccc2c1)c1cc(=O)c2cc(Cl)cc(Cl)c2o1. The van der Waals surface area contributed by atoms with Crippen LogP contribution in [0.3, 0.4) is 0 Å². The minimum Gasteiger partial charge on any atom is -0.449 e. The van der Waals surface area contributed by atoms with Gasteiger partial charge in [-0.1, -0.05) is 53.5 Å². The molecule has 0 saturated heterocycles. The van der Waals surface area contributed by atoms with E-state index in [-0.39, 0.29) is 27.2 Å². The largest absolute Gasteiger partial charge is 0.449 e. The van der Waals surface area contributed by atoms with Gasteiger partial charge in [-0.3, -0.25) is 9.59 Å². The van der Waals surface area contributed by atoms with E-state index < -0.39 is 5.91 Å². The first-order valence-corrected chi connectivity index (χ1v) is 8.50. The zero-order valence-corrected chi connectivity index (χ0v) is 14.8. The number of halogens is 2. The van der Waals surface area contributed by atoms with Crippen molar-refractivity contribution in [2.24, 2.45) is 0 Å². The summed E-state index contributed by atoms with van der Waals surface area (Å²) >= 11 is 12.0. The number of hydrogen-bond donors (Lipinski definition) is 1. The van der Waals surface area contributed by atoms with Gasteiger partial charge in [0.25, 0.3) is 5.91 Å². The van der Waals surface area contributed by atoms with Gasteiger partial charge in [-0.2, -0.15) is 0 Å². The summed E-state index contributed by atoms with van der Waals surface area (Å²) < 4.78 is 5.55. The third kappa shape index (κ3) is 3.05. The molecule has 0 radical (unpaired) electrons. The van der Waals surface area contributed by atoms with Gasteiger partial charge in [0.15, 0.2) is 16.8 Å². The van der Waals surface area contributed by atoms with Gasteiger partial charge in [0.05, 0.1) is 10.4 Å². The highest BCUT2D eigenvalue weighted by molar-refractivity contribution is 6.38. The van der Waals surface area contributed by atoms with E-state index in [0.29, 0.717) is 10.7 Å². The minimum atomic E-state index is -0.537. The Bertz CT molecular complexity index is 1230. The molecule has 0 spiro atoms. The number of fused-ring (bicyclic) bond motifs is 2. The summed E-state index contributed by atoms with van der Waals surface area (Å²) in [6, 6.07) is 17.4. The Balaban J connectivity index is 1.72. The van der Waals surface area contributed by atoms with Gasteiger partial charge in [-0.25, -0.2) is 0 Å². The molecular weight excluding hydrogens is 373 g/mol. The average molecular weight is 384 g/mol. The normalized spacial score (nSPS) is 11.0. The van der Waals surface area contributed by atoms with E-state index in [4.69, 9.17) is 27.6 Å². The highest BCUT2D eigenvalue weighted by Gasteiger charge is 2.15. The van der Waals surface area contributed by atoms with Crippen LogP contribution in [0.25, 0.3) is 21.7 Å². The third-order valence-corrected chi connectivity index (χ3v) is 4.48. The molecule has 3 aromatic carbocycles. The van der Waals surface area contributed by atoms with Crippen molar-refractivity contribution >= 4 is 56.5 Å². The molecular formula is C20H11Cl2NO3. The molecule has 128 valence electrons. The molecule has 0 aliphatic heterocycles. The Morgan fingerprint density at radius 1 is 0.923 bits per heavy atom. The number of amides is 1. The summed E-state index contributed by atoms with van der Waals surface area (Å²) in [5, 5.41) is 5.50. The number of rotatable bonds is 2. The molecule has 6 heteroatoms. The second-order valence-corrected chi connectivity index (χ2v) is 6.60. The number of anilines is 1. The summed E-state index contributed by atoms with van der Waals surface area (Å²) in [6.07, 6.45) is 0. The van der Waals surface area contributed by atoms with Gasteiger partial charge in [0.2, 0.25) is 0 Å². The van der Waals surface area contributed by atoms with Crippen molar-refractivity contribution in [1.82, 2.24) is 0 Å². The molecule has 26 heavy (non-hydrogen) atoms. The van der Waals surface area contributed by atoms with Gasteiger partial charge in [-0.05, 0) is 35.0 Å². The topological polar surface area (TPSA) is 59.3 Å². The quantitative estimate of drug-likeness (QED) is 0.496. The maximum Gasteiger partial charge on any atom is 0.291 e. The predicted molar refractivity (Wildman–Crippen MR) is 104 cm³/mol. The average Bonchev–Trinajstić information content (AvgIpc) is 2.62. The number of nitrogens with one attached hydrogen (secondary N) is 1. The molecule has 1 N–H and O–H groups in total. The molecule has 0 aliphatic carbocycles. The molecule has 1 heterocycles. The molecule has 0 fully saturated rings. The van der Waals surface area contributed by atoms with Crippen LogP contribution in [0.2, 0.25) is 10.0 Å². The van der Waals surface area contributed by atoms with Crippen molar-refractivity contribution in [1.29, 1.82) is 0 Å². The second kappa shape index (κ2) is 6.48. The Kier molecular flexibility index (Phi) is 4.15. The smallest absolute Gasteiger partial charge is 0.291 e. The number of carbonyl (C=O) groups excluding carboxylic acids is 1. The zero-order valence-electron chi connectivity index (χ0n) is 13.3. The monoisotopic (exact) mass is 383 g/mol. The maximum atomic E-state index is 12.5. The summed E-state index contributed by atoms with van der Waals surface area (Å²) in [5.41, 5.74) is 0.338. The van der Waals surface area contributed by atoms with Crippen molar-refractivity contribution in [3.8, 4) is 0 Å². The fourth-order valence-electron chi connectivity index (χ4n) is 2.76. The second-order valence-electron chi connectivity index (χ2n) is 5.76. The molecule has 1 amide bonds. The lowest BCUT2D eigenvalue weighted by Gasteiger charge is -2.07. The first kappa shape index (κ1) is 16.6. The standard InChI is InChI=1S/C20H11Cl2NO3/c21-13-8-15-17(24)10-18(26-19(15)16(22)9-13)20(25)23-14-6-5-11-3-1-2-4-12(11)7-14/h1-10H,(H,23,25). The van der Waals surface area contributed by atoms with E-state index in [9.17, 15) is 9.59 Å². The van der Waals surface area contributed by atoms with E-state index in [0.717, 1.165) is 16.8 Å². The van der Waals surface area contributed by atoms with Crippen LogP contribution in [0.5, 0.6) is 0 Å². The summed E-state index contributed by atoms with van der Waals surface area (Å²) in [6.45, 7) is 0. The van der Waals surface area contributed by atoms with E-state index in [1.54, 1.807) is 6.07 Å². The van der Waals surface area contributed by atoms with Gasteiger partial charge in [0, 0.05) is 16.8 Å². The number of benzene rings is 3. The first-order valence-electron chi connectivity index (χ1n) is 7.74. The Labute approximate surface area is 158 Å². The summed E-state index contributed by atoms with van der Waals surface area (Å²) in [5.74, 6) is -0.662. The Hall–Kier alpha value is -2.82. The highest BCUT2D eigenvalue weighted by atomic mass is 35.5. The highest BCUT2D eigenvalue weighted by Crippen LogP contribution is 2.27. The van der Waals surface area contributed by atoms with Gasteiger partial charge >= 0.3 is 0 Å². The van der Waals surface area contributed by atoms with E-state index in [1.807, 2.05) is 36.4 Å². The fourth-order valence-corrected chi connectivity index (χ4v) is 3.29. The molecule has 0 bridgehead atoms. The van der Waals surface area contributed by atoms with Gasteiger partial charge in [0.1, 0.15) is 0 Å². The lowest BCUT2D eigenvalue weighted by atomic mass is 10.1. The Morgan fingerprint density at radius 3 is 2.50 bits per heavy atom. The minimum absolute atomic E-state index is 0.125. The number of hydrogen-bond acceptors (Lipinski definition) is 3. The van der Waals surface area contributed by atoms with Crippen LogP contribution in [-0.2, 0) is 0 Å². The van der Waals surface area contributed by atoms with Crippen LogP contribution in [0.4, 0.5) is 5.69 Å². The molecule has 0 saturated carbocycles. The van der Waals surface area contributed by atoms with Gasteiger partial charge < -0.3 is 9.73 Å². The molecule has 0 aliphatic rings. The summed E-state index contributed by atoms with van der Waals surface area (Å²) in [7, 11) is 0. The first-order chi connectivity index (χ1) is 12.5. The van der Waals surface area contributed by atoms with E-state index in [1.165, 1.54) is 12.1 Å². The van der Waals surface area contributed by atoms with Crippen molar-refractivity contribution < 1.29 is 9.21 Å². The van der Waals surface area contributed by atoms with Crippen molar-refractivity contribution in [2.75, 3.05) is 5.32 Å². The molecule has 4 aromatic rings. The molecule has 0 atom stereocenters. The van der Waals surface area contributed by atoms with E-state index >= 15 is 0 Å². The van der Waals surface area contributed by atoms with Crippen LogP contribution in [-0.4, -0.2) is 5.91 Å². The van der Waals surface area contributed by atoms with Crippen molar-refractivity contribution in [2.45, 2.75) is 0 Å². The fraction of sp³-hybridized carbons (Fsp3) is 0. The predicted octanol–water partition coefficient (Wildman–Crippen LogP) is 5.51. The molecule has 4 nitrogen and oxygen atoms in total. The third-order valence-electron chi connectivity index (χ3n) is 3.98. The lowest BCUT2D eigenvalue weighted by Crippen LogP contribution is -2.15. The lowest BCUT2D eigenvalue weighted by molar-refractivity contribution is 0.0997. The number of carbonyl (C=O) groups is 1. The maximum absolute atomic E-state index is 12.5. The van der Waals surface area contributed by atoms with Crippen molar-refractivity contribution in [3.05, 3.63) is 86.7 Å². The van der Waals surface area contributed by atoms with Crippen molar-refractivity contribution in [3.63, 3.8) is 0 Å². The molecule has 4 rings (SSSR count). The molecule has 0 unspecified atom stereocenters. The Morgan fingerprint density at radius 2 is 1.69 bits per heavy atom. The van der Waals surface area contributed by atoms with Crippen LogP contribution in [0.15, 0.2) is 69.9 Å². The van der Waals surface area contributed by atoms with Crippen LogP contribution in [0.1, 0.15) is 10.6 Å². The van der Waals surface area contributed by atoms with Gasteiger partial charge in [-0.15, -0.1) is 0 Å². The molecule has 1 aromatic heterocycles. The van der Waals surface area contributed by atoms with Crippen LogP contribution < -0.4 is 10.7 Å². The van der Waals surface area contributed by atoms with Crippen LogP contribution in [0, 0.1) is 0 Å².